The third-order valence-electron chi connectivity index (χ3n) is 2.14. The molecule has 2 unspecified atom stereocenters. The Labute approximate surface area is 101 Å². The summed E-state index contributed by atoms with van der Waals surface area (Å²) in [5, 5.41) is 18.5. The van der Waals surface area contributed by atoms with Crippen molar-refractivity contribution in [2.45, 2.75) is 12.1 Å². The van der Waals surface area contributed by atoms with Gasteiger partial charge in [-0.05, 0) is 18.2 Å². The number of carbonyl (C=O) groups is 1. The van der Waals surface area contributed by atoms with E-state index in [-0.39, 0.29) is 0 Å². The molecule has 16 heavy (non-hydrogen) atoms. The predicted molar refractivity (Wildman–Crippen MR) is 61.3 cm³/mol. The number of carboxylic acids is 1. The van der Waals surface area contributed by atoms with Gasteiger partial charge in [0.05, 0.1) is 7.11 Å². The van der Waals surface area contributed by atoms with Gasteiger partial charge in [-0.25, -0.2) is 0 Å². The fourth-order valence-corrected chi connectivity index (χ4v) is 1.64. The summed E-state index contributed by atoms with van der Waals surface area (Å²) in [6.45, 7) is 0. The van der Waals surface area contributed by atoms with E-state index in [0.717, 1.165) is 0 Å². The van der Waals surface area contributed by atoms with E-state index in [1.54, 1.807) is 18.2 Å². The molecule has 88 valence electrons. The molecule has 1 aromatic rings. The first-order valence-electron chi connectivity index (χ1n) is 4.47. The van der Waals surface area contributed by atoms with E-state index in [4.69, 9.17) is 15.6 Å². The van der Waals surface area contributed by atoms with Crippen LogP contribution in [0, 0.1) is 0 Å². The topological polar surface area (TPSA) is 92.8 Å². The number of halogens is 1. The predicted octanol–water partition coefficient (Wildman–Crippen LogP) is 0.903. The van der Waals surface area contributed by atoms with Crippen LogP contribution in [0.5, 0.6) is 5.75 Å². The highest BCUT2D eigenvalue weighted by molar-refractivity contribution is 9.10. The Morgan fingerprint density at radius 3 is 2.69 bits per heavy atom. The summed E-state index contributed by atoms with van der Waals surface area (Å²) < 4.78 is 5.73. The van der Waals surface area contributed by atoms with Crippen molar-refractivity contribution in [2.75, 3.05) is 7.11 Å². The number of aliphatic hydroxyl groups is 1. The van der Waals surface area contributed by atoms with Crippen LogP contribution in [-0.2, 0) is 4.79 Å². The van der Waals surface area contributed by atoms with Crippen molar-refractivity contribution in [3.05, 3.63) is 28.2 Å². The zero-order valence-electron chi connectivity index (χ0n) is 8.55. The molecule has 0 saturated carbocycles. The van der Waals surface area contributed by atoms with Crippen molar-refractivity contribution >= 4 is 21.9 Å². The van der Waals surface area contributed by atoms with Gasteiger partial charge < -0.3 is 20.7 Å². The van der Waals surface area contributed by atoms with Gasteiger partial charge in [-0.15, -0.1) is 0 Å². The fourth-order valence-electron chi connectivity index (χ4n) is 1.26. The maximum atomic E-state index is 10.7. The first-order valence-corrected chi connectivity index (χ1v) is 5.26. The van der Waals surface area contributed by atoms with Crippen molar-refractivity contribution in [2.24, 2.45) is 5.73 Å². The fraction of sp³-hybridized carbons (Fsp3) is 0.300. The Hall–Kier alpha value is -1.11. The van der Waals surface area contributed by atoms with Crippen molar-refractivity contribution < 1.29 is 19.7 Å². The van der Waals surface area contributed by atoms with Crippen LogP contribution < -0.4 is 10.5 Å². The molecule has 0 amide bonds. The molecule has 4 N–H and O–H groups in total. The van der Waals surface area contributed by atoms with Gasteiger partial charge in [0, 0.05) is 10.0 Å². The zero-order chi connectivity index (χ0) is 12.3. The Kier molecular flexibility index (Phi) is 4.28. The van der Waals surface area contributed by atoms with Gasteiger partial charge in [-0.2, -0.15) is 0 Å². The van der Waals surface area contributed by atoms with Crippen LogP contribution in [0.1, 0.15) is 11.7 Å². The number of aliphatic carboxylic acids is 1. The lowest BCUT2D eigenvalue weighted by molar-refractivity contribution is -0.141. The molecule has 6 heteroatoms. The molecule has 0 saturated heterocycles. The maximum Gasteiger partial charge on any atom is 0.323 e. The van der Waals surface area contributed by atoms with Crippen molar-refractivity contribution in [3.8, 4) is 5.75 Å². The van der Waals surface area contributed by atoms with Gasteiger partial charge in [0.25, 0.3) is 0 Å². The normalized spacial score (nSPS) is 14.2. The highest BCUT2D eigenvalue weighted by Crippen LogP contribution is 2.29. The standard InChI is InChI=1S/C10H12BrNO4/c1-16-7-3-2-5(11)4-6(7)9(13)8(12)10(14)15/h2-4,8-9,13H,12H2,1H3,(H,14,15). The summed E-state index contributed by atoms with van der Waals surface area (Å²) in [4.78, 5) is 10.7. The molecule has 0 aliphatic heterocycles. The van der Waals surface area contributed by atoms with Crippen LogP contribution in [0.2, 0.25) is 0 Å². The minimum Gasteiger partial charge on any atom is -0.496 e. The van der Waals surface area contributed by atoms with Crippen molar-refractivity contribution in [3.63, 3.8) is 0 Å². The zero-order valence-corrected chi connectivity index (χ0v) is 10.1. The molecule has 1 aromatic carbocycles. The minimum absolute atomic E-state index is 0.340. The van der Waals surface area contributed by atoms with Gasteiger partial charge in [-0.3, -0.25) is 4.79 Å². The Morgan fingerprint density at radius 1 is 1.56 bits per heavy atom. The van der Waals surface area contributed by atoms with Crippen LogP contribution in [0.3, 0.4) is 0 Å². The molecule has 0 aliphatic carbocycles. The molecule has 5 nitrogen and oxygen atoms in total. The second-order valence-electron chi connectivity index (χ2n) is 3.20. The number of carboxylic acid groups (broad SMARTS) is 1. The van der Waals surface area contributed by atoms with Crippen LogP contribution >= 0.6 is 15.9 Å². The summed E-state index contributed by atoms with van der Waals surface area (Å²) in [6, 6.07) is 3.54. The lowest BCUT2D eigenvalue weighted by atomic mass is 10.0. The molecule has 0 aliphatic rings. The molecule has 0 spiro atoms. The van der Waals surface area contributed by atoms with Gasteiger partial charge in [0.1, 0.15) is 17.9 Å². The lowest BCUT2D eigenvalue weighted by Crippen LogP contribution is -2.36. The molecule has 0 bridgehead atoms. The Morgan fingerprint density at radius 2 is 2.19 bits per heavy atom. The largest absolute Gasteiger partial charge is 0.496 e. The third-order valence-corrected chi connectivity index (χ3v) is 2.63. The van der Waals surface area contributed by atoms with Crippen LogP contribution in [0.15, 0.2) is 22.7 Å². The SMILES string of the molecule is COc1ccc(Br)cc1C(O)C(N)C(=O)O. The van der Waals surface area contributed by atoms with Crippen molar-refractivity contribution in [1.82, 2.24) is 0 Å². The first-order chi connectivity index (χ1) is 7.47. The number of aliphatic hydroxyl groups excluding tert-OH is 1. The summed E-state index contributed by atoms with van der Waals surface area (Å²) in [5.74, 6) is -0.873. The van der Waals surface area contributed by atoms with Gasteiger partial charge in [-0.1, -0.05) is 15.9 Å². The quantitative estimate of drug-likeness (QED) is 0.766. The van der Waals surface area contributed by atoms with E-state index in [0.29, 0.717) is 15.8 Å². The van der Waals surface area contributed by atoms with E-state index in [2.05, 4.69) is 15.9 Å². The van der Waals surface area contributed by atoms with E-state index in [9.17, 15) is 9.90 Å². The van der Waals surface area contributed by atoms with Gasteiger partial charge >= 0.3 is 5.97 Å². The summed E-state index contributed by atoms with van der Waals surface area (Å²) in [5.41, 5.74) is 5.68. The van der Waals surface area contributed by atoms with Crippen LogP contribution in [0.25, 0.3) is 0 Å². The number of ether oxygens (including phenoxy) is 1. The molecular formula is C10H12BrNO4. The first kappa shape index (κ1) is 13.0. The molecule has 0 radical (unpaired) electrons. The third kappa shape index (κ3) is 2.72. The monoisotopic (exact) mass is 289 g/mol. The van der Waals surface area contributed by atoms with Crippen LogP contribution in [-0.4, -0.2) is 29.3 Å². The number of rotatable bonds is 4. The average Bonchev–Trinajstić information content (AvgIpc) is 2.26. The summed E-state index contributed by atoms with van der Waals surface area (Å²) in [6.07, 6.45) is -1.31. The number of hydrogen-bond acceptors (Lipinski definition) is 4. The Bertz CT molecular complexity index is 396. The average molecular weight is 290 g/mol. The van der Waals surface area contributed by atoms with Gasteiger partial charge in [0.2, 0.25) is 0 Å². The van der Waals surface area contributed by atoms with Gasteiger partial charge in [0.15, 0.2) is 0 Å². The minimum atomic E-state index is -1.39. The number of nitrogens with two attached hydrogens (primary N) is 1. The molecule has 0 fully saturated rings. The molecular weight excluding hydrogens is 278 g/mol. The van der Waals surface area contributed by atoms with Crippen LogP contribution in [0.4, 0.5) is 0 Å². The smallest absolute Gasteiger partial charge is 0.323 e. The number of hydrogen-bond donors (Lipinski definition) is 3. The van der Waals surface area contributed by atoms with E-state index >= 15 is 0 Å². The van der Waals surface area contributed by atoms with E-state index in [1.165, 1.54) is 7.11 Å². The second kappa shape index (κ2) is 5.29. The Balaban J connectivity index is 3.10. The van der Waals surface area contributed by atoms with Crippen molar-refractivity contribution in [1.29, 1.82) is 0 Å². The summed E-state index contributed by atoms with van der Waals surface area (Å²) >= 11 is 3.23. The maximum absolute atomic E-state index is 10.7. The highest BCUT2D eigenvalue weighted by Gasteiger charge is 2.26. The van der Waals surface area contributed by atoms with E-state index in [1.807, 2.05) is 0 Å². The number of methoxy groups -OCH3 is 1. The van der Waals surface area contributed by atoms with E-state index < -0.39 is 18.1 Å². The molecule has 0 heterocycles. The lowest BCUT2D eigenvalue weighted by Gasteiger charge is -2.18. The molecule has 1 rings (SSSR count). The highest BCUT2D eigenvalue weighted by atomic mass is 79.9. The summed E-state index contributed by atoms with van der Waals surface area (Å²) in [7, 11) is 1.44. The number of benzene rings is 1. The molecule has 2 atom stereocenters. The molecule has 0 aromatic heterocycles. The second-order valence-corrected chi connectivity index (χ2v) is 4.11.